The lowest BCUT2D eigenvalue weighted by Crippen LogP contribution is -2.42. The van der Waals surface area contributed by atoms with Gasteiger partial charge in [0.15, 0.2) is 12.2 Å². The summed E-state index contributed by atoms with van der Waals surface area (Å²) in [5.41, 5.74) is 0.789. The van der Waals surface area contributed by atoms with E-state index in [0.29, 0.717) is 11.3 Å². The van der Waals surface area contributed by atoms with Crippen molar-refractivity contribution in [1.82, 2.24) is 10.3 Å². The van der Waals surface area contributed by atoms with E-state index in [9.17, 15) is 14.7 Å². The number of carbonyl (C=O) groups excluding carboxylic acids is 1. The number of aliphatic carboxylic acids is 1. The molecule has 0 aliphatic rings. The molecule has 0 saturated heterocycles. The molecule has 0 aliphatic heterocycles. The van der Waals surface area contributed by atoms with Crippen LogP contribution in [0.25, 0.3) is 11.3 Å². The lowest BCUT2D eigenvalue weighted by atomic mass is 10.1. The minimum absolute atomic E-state index is 0.189. The number of benzene rings is 1. The molecule has 1 aromatic heterocycles. The Hall–Kier alpha value is -2.67. The van der Waals surface area contributed by atoms with Crippen molar-refractivity contribution in [2.45, 2.75) is 38.8 Å². The van der Waals surface area contributed by atoms with Gasteiger partial charge in [-0.1, -0.05) is 12.1 Å². The Morgan fingerprint density at radius 3 is 2.48 bits per heavy atom. The summed E-state index contributed by atoms with van der Waals surface area (Å²) in [4.78, 5) is 27.4. The quantitative estimate of drug-likeness (QED) is 0.799. The van der Waals surface area contributed by atoms with Gasteiger partial charge in [-0.05, 0) is 32.9 Å². The highest BCUT2D eigenvalue weighted by Gasteiger charge is 2.22. The van der Waals surface area contributed by atoms with Crippen molar-refractivity contribution < 1.29 is 23.8 Å². The van der Waals surface area contributed by atoms with Crippen molar-refractivity contribution in [3.05, 3.63) is 42.4 Å². The molecule has 2 aromatic rings. The largest absolute Gasteiger partial charge is 0.480 e. The zero-order valence-corrected chi connectivity index (χ0v) is 14.5. The molecule has 0 fully saturated rings. The van der Waals surface area contributed by atoms with Crippen LogP contribution in [0.4, 0.5) is 0 Å². The summed E-state index contributed by atoms with van der Waals surface area (Å²) >= 11 is 0. The van der Waals surface area contributed by atoms with Crippen molar-refractivity contribution in [1.29, 1.82) is 0 Å². The third-order valence-electron chi connectivity index (χ3n) is 3.41. The lowest BCUT2D eigenvalue weighted by molar-refractivity contribution is -0.140. The summed E-state index contributed by atoms with van der Waals surface area (Å²) in [6.07, 6.45) is 3.09. The number of carboxylic acids is 1. The first-order chi connectivity index (χ1) is 11.8. The van der Waals surface area contributed by atoms with Gasteiger partial charge in [-0.3, -0.25) is 4.79 Å². The molecule has 1 atom stereocenters. The standard InChI is InChI=1S/C18H22N2O5/c1-18(2,3)25-9-8-14(17(22)23)20-16(21)13-6-4-12(5-7-13)15-10-19-11-24-15/h4-7,10-11,14H,8-9H2,1-3H3,(H,20,21)(H,22,23). The van der Waals surface area contributed by atoms with Gasteiger partial charge in [0.1, 0.15) is 6.04 Å². The summed E-state index contributed by atoms with van der Waals surface area (Å²) in [7, 11) is 0. The first-order valence-corrected chi connectivity index (χ1v) is 7.93. The molecule has 1 unspecified atom stereocenters. The van der Waals surface area contributed by atoms with E-state index in [0.717, 1.165) is 5.56 Å². The number of oxazole rings is 1. The van der Waals surface area contributed by atoms with E-state index in [2.05, 4.69) is 10.3 Å². The first kappa shape index (κ1) is 18.7. The number of nitrogens with zero attached hydrogens (tertiary/aromatic N) is 1. The van der Waals surface area contributed by atoms with Crippen molar-refractivity contribution >= 4 is 11.9 Å². The van der Waals surface area contributed by atoms with Crippen LogP contribution in [0.15, 0.2) is 41.3 Å². The highest BCUT2D eigenvalue weighted by atomic mass is 16.5. The summed E-state index contributed by atoms with van der Waals surface area (Å²) in [6.45, 7) is 5.90. The van der Waals surface area contributed by atoms with Gasteiger partial charge in [0.05, 0.1) is 11.8 Å². The molecule has 7 heteroatoms. The number of rotatable bonds is 7. The smallest absolute Gasteiger partial charge is 0.326 e. The molecule has 0 spiro atoms. The molecule has 0 bridgehead atoms. The zero-order valence-electron chi connectivity index (χ0n) is 14.5. The van der Waals surface area contributed by atoms with Gasteiger partial charge in [-0.15, -0.1) is 0 Å². The monoisotopic (exact) mass is 346 g/mol. The summed E-state index contributed by atoms with van der Waals surface area (Å²) in [5.74, 6) is -0.953. The van der Waals surface area contributed by atoms with E-state index in [1.54, 1.807) is 30.5 Å². The number of nitrogens with one attached hydrogen (secondary N) is 1. The third kappa shape index (κ3) is 5.72. The van der Waals surface area contributed by atoms with Crippen LogP contribution in [0.1, 0.15) is 37.6 Å². The molecule has 134 valence electrons. The Morgan fingerprint density at radius 1 is 1.28 bits per heavy atom. The van der Waals surface area contributed by atoms with E-state index in [4.69, 9.17) is 9.15 Å². The average Bonchev–Trinajstić information content (AvgIpc) is 3.07. The van der Waals surface area contributed by atoms with Crippen LogP contribution in [0.3, 0.4) is 0 Å². The van der Waals surface area contributed by atoms with Gasteiger partial charge in [-0.25, -0.2) is 9.78 Å². The third-order valence-corrected chi connectivity index (χ3v) is 3.41. The van der Waals surface area contributed by atoms with Crippen LogP contribution in [0, 0.1) is 0 Å². The number of hydrogen-bond acceptors (Lipinski definition) is 5. The topological polar surface area (TPSA) is 102 Å². The van der Waals surface area contributed by atoms with Crippen LogP contribution in [-0.4, -0.2) is 40.2 Å². The number of ether oxygens (including phenoxy) is 1. The van der Waals surface area contributed by atoms with Gasteiger partial charge in [-0.2, -0.15) is 0 Å². The molecule has 0 aliphatic carbocycles. The number of aromatic nitrogens is 1. The van der Waals surface area contributed by atoms with Gasteiger partial charge < -0.3 is 19.6 Å². The Kier molecular flexibility index (Phi) is 5.93. The molecule has 2 N–H and O–H groups in total. The van der Waals surface area contributed by atoms with Crippen LogP contribution in [-0.2, 0) is 9.53 Å². The molecule has 0 radical (unpaired) electrons. The zero-order chi connectivity index (χ0) is 18.4. The molecule has 25 heavy (non-hydrogen) atoms. The predicted molar refractivity (Wildman–Crippen MR) is 91.2 cm³/mol. The van der Waals surface area contributed by atoms with Crippen molar-refractivity contribution in [3.63, 3.8) is 0 Å². The summed E-state index contributed by atoms with van der Waals surface area (Å²) < 4.78 is 10.7. The number of carbonyl (C=O) groups is 2. The lowest BCUT2D eigenvalue weighted by Gasteiger charge is -2.21. The molecular formula is C18H22N2O5. The Bertz CT molecular complexity index is 702. The Morgan fingerprint density at radius 2 is 1.96 bits per heavy atom. The van der Waals surface area contributed by atoms with Crippen LogP contribution >= 0.6 is 0 Å². The van der Waals surface area contributed by atoms with Crippen molar-refractivity contribution in [2.24, 2.45) is 0 Å². The SMILES string of the molecule is CC(C)(C)OCCC(NC(=O)c1ccc(-c2cnco2)cc1)C(=O)O. The van der Waals surface area contributed by atoms with Gasteiger partial charge >= 0.3 is 5.97 Å². The normalized spacial score (nSPS) is 12.6. The highest BCUT2D eigenvalue weighted by Crippen LogP contribution is 2.19. The summed E-state index contributed by atoms with van der Waals surface area (Å²) in [5, 5.41) is 11.8. The minimum atomic E-state index is -1.09. The van der Waals surface area contributed by atoms with Crippen LogP contribution in [0.2, 0.25) is 0 Å². The second-order valence-electron chi connectivity index (χ2n) is 6.56. The molecule has 1 amide bonds. The Labute approximate surface area is 146 Å². The molecule has 0 saturated carbocycles. The van der Waals surface area contributed by atoms with Gasteiger partial charge in [0.2, 0.25) is 0 Å². The molecule has 7 nitrogen and oxygen atoms in total. The van der Waals surface area contributed by atoms with Crippen LogP contribution < -0.4 is 5.32 Å². The number of carboxylic acid groups (broad SMARTS) is 1. The second kappa shape index (κ2) is 7.94. The van der Waals surface area contributed by atoms with E-state index >= 15 is 0 Å². The summed E-state index contributed by atoms with van der Waals surface area (Å²) in [6, 6.07) is 5.64. The number of hydrogen-bond donors (Lipinski definition) is 2. The van der Waals surface area contributed by atoms with Crippen LogP contribution in [0.5, 0.6) is 0 Å². The molecule has 1 heterocycles. The van der Waals surface area contributed by atoms with Crippen molar-refractivity contribution in [3.8, 4) is 11.3 Å². The van der Waals surface area contributed by atoms with E-state index in [-0.39, 0.29) is 18.6 Å². The van der Waals surface area contributed by atoms with Gasteiger partial charge in [0, 0.05) is 24.2 Å². The average molecular weight is 346 g/mol. The van der Waals surface area contributed by atoms with E-state index in [1.165, 1.54) is 6.39 Å². The molecular weight excluding hydrogens is 324 g/mol. The fourth-order valence-electron chi connectivity index (χ4n) is 2.13. The van der Waals surface area contributed by atoms with Gasteiger partial charge in [0.25, 0.3) is 5.91 Å². The second-order valence-corrected chi connectivity index (χ2v) is 6.56. The fraction of sp³-hybridized carbons (Fsp3) is 0.389. The maximum absolute atomic E-state index is 12.3. The maximum Gasteiger partial charge on any atom is 0.326 e. The van der Waals surface area contributed by atoms with Crippen molar-refractivity contribution in [2.75, 3.05) is 6.61 Å². The fourth-order valence-corrected chi connectivity index (χ4v) is 2.13. The first-order valence-electron chi connectivity index (χ1n) is 7.93. The minimum Gasteiger partial charge on any atom is -0.480 e. The Balaban J connectivity index is 1.97. The molecule has 2 rings (SSSR count). The highest BCUT2D eigenvalue weighted by molar-refractivity contribution is 5.96. The number of amides is 1. The van der Waals surface area contributed by atoms with E-state index in [1.807, 2.05) is 20.8 Å². The predicted octanol–water partition coefficient (Wildman–Crippen LogP) is 2.73. The maximum atomic E-state index is 12.3. The molecule has 1 aromatic carbocycles. The van der Waals surface area contributed by atoms with E-state index < -0.39 is 17.9 Å².